The zero-order valence-corrected chi connectivity index (χ0v) is 30.0. The van der Waals surface area contributed by atoms with Gasteiger partial charge in [-0.15, -0.1) is 0 Å². The van der Waals surface area contributed by atoms with Crippen molar-refractivity contribution in [2.24, 2.45) is 0 Å². The number of benzene rings is 1. The summed E-state index contributed by atoms with van der Waals surface area (Å²) >= 11 is 0. The third kappa shape index (κ3) is 8.61. The van der Waals surface area contributed by atoms with Crippen molar-refractivity contribution in [2.45, 2.75) is 116 Å². The van der Waals surface area contributed by atoms with E-state index >= 15 is 0 Å². The summed E-state index contributed by atoms with van der Waals surface area (Å²) in [7, 11) is -0.606. The zero-order valence-electron chi connectivity index (χ0n) is 29.0. The minimum absolute atomic E-state index is 0.0992. The van der Waals surface area contributed by atoms with E-state index in [1.165, 1.54) is 12.3 Å². The van der Waals surface area contributed by atoms with Crippen LogP contribution in [-0.2, 0) is 22.1 Å². The zero-order chi connectivity index (χ0) is 34.0. The molecule has 1 aliphatic rings. The van der Waals surface area contributed by atoms with Crippen molar-refractivity contribution in [3.05, 3.63) is 82.7 Å². The smallest absolute Gasteiger partial charge is 0.410 e. The maximum absolute atomic E-state index is 14.5. The van der Waals surface area contributed by atoms with E-state index < -0.39 is 31.9 Å². The SMILES string of the molecule is Cc1cc(CN(C)C(=O)c2ccc(C[C@@H]3CC[C@H]([C@H](O[Si](C)(C)C(C)(C)C)c4cncc(F)c4)N3C(=O)OC(C)(C)C)cc2)n[nH]1. The summed E-state index contributed by atoms with van der Waals surface area (Å²) in [5.41, 5.74) is 3.23. The second-order valence-corrected chi connectivity index (χ2v) is 19.8. The number of carbonyl (C=O) groups is 2. The number of rotatable bonds is 9. The Hall–Kier alpha value is -3.57. The van der Waals surface area contributed by atoms with E-state index in [2.05, 4.69) is 49.0 Å². The van der Waals surface area contributed by atoms with Crippen LogP contribution in [0.2, 0.25) is 18.1 Å². The first-order valence-electron chi connectivity index (χ1n) is 16.0. The van der Waals surface area contributed by atoms with Gasteiger partial charge in [-0.25, -0.2) is 9.18 Å². The van der Waals surface area contributed by atoms with Crippen molar-refractivity contribution >= 4 is 20.3 Å². The fourth-order valence-corrected chi connectivity index (χ4v) is 6.88. The molecule has 1 saturated heterocycles. The maximum atomic E-state index is 14.5. The molecule has 1 N–H and O–H groups in total. The van der Waals surface area contributed by atoms with Gasteiger partial charge in [-0.1, -0.05) is 32.9 Å². The van der Waals surface area contributed by atoms with E-state index in [0.717, 1.165) is 23.4 Å². The molecule has 3 heterocycles. The number of hydrogen-bond donors (Lipinski definition) is 1. The first-order valence-corrected chi connectivity index (χ1v) is 18.9. The Bertz CT molecular complexity index is 1510. The highest BCUT2D eigenvalue weighted by molar-refractivity contribution is 6.74. The first kappa shape index (κ1) is 35.3. The van der Waals surface area contributed by atoms with Gasteiger partial charge in [0.05, 0.1) is 30.6 Å². The number of pyridine rings is 1. The van der Waals surface area contributed by atoms with Gasteiger partial charge in [0.15, 0.2) is 8.32 Å². The van der Waals surface area contributed by atoms with Crippen LogP contribution >= 0.6 is 0 Å². The van der Waals surface area contributed by atoms with E-state index in [4.69, 9.17) is 9.16 Å². The van der Waals surface area contributed by atoms with Gasteiger partial charge < -0.3 is 14.1 Å². The molecule has 1 aliphatic heterocycles. The second-order valence-electron chi connectivity index (χ2n) is 15.0. The Morgan fingerprint density at radius 2 is 1.76 bits per heavy atom. The van der Waals surface area contributed by atoms with Crippen LogP contribution in [0, 0.1) is 12.7 Å². The summed E-state index contributed by atoms with van der Waals surface area (Å²) in [6.07, 6.45) is 3.78. The number of carbonyl (C=O) groups excluding carboxylic acids is 2. The lowest BCUT2D eigenvalue weighted by atomic mass is 10.0. The number of aryl methyl sites for hydroxylation is 1. The van der Waals surface area contributed by atoms with Gasteiger partial charge in [-0.05, 0) is 94.9 Å². The average Bonchev–Trinajstić information content (AvgIpc) is 3.55. The number of nitrogens with one attached hydrogen (secondary N) is 1. The van der Waals surface area contributed by atoms with E-state index in [1.54, 1.807) is 18.1 Å². The molecule has 9 nitrogen and oxygen atoms in total. The number of amides is 2. The first-order chi connectivity index (χ1) is 21.3. The van der Waals surface area contributed by atoms with Crippen molar-refractivity contribution in [1.82, 2.24) is 25.0 Å². The molecule has 0 aliphatic carbocycles. The van der Waals surface area contributed by atoms with Crippen LogP contribution < -0.4 is 0 Å². The Kier molecular flexibility index (Phi) is 10.5. The Balaban J connectivity index is 1.60. The van der Waals surface area contributed by atoms with E-state index in [1.807, 2.05) is 62.9 Å². The molecule has 11 heteroatoms. The largest absolute Gasteiger partial charge is 0.444 e. The number of likely N-dealkylation sites (tertiary alicyclic amines) is 1. The Morgan fingerprint density at radius 3 is 2.33 bits per heavy atom. The lowest BCUT2D eigenvalue weighted by Gasteiger charge is -2.43. The number of aromatic amines is 1. The van der Waals surface area contributed by atoms with Crippen LogP contribution in [0.25, 0.3) is 0 Å². The van der Waals surface area contributed by atoms with Crippen LogP contribution in [0.5, 0.6) is 0 Å². The van der Waals surface area contributed by atoms with Crippen LogP contribution in [0.4, 0.5) is 9.18 Å². The minimum atomic E-state index is -2.36. The Morgan fingerprint density at radius 1 is 1.09 bits per heavy atom. The van der Waals surface area contributed by atoms with Crippen molar-refractivity contribution in [2.75, 3.05) is 7.05 Å². The van der Waals surface area contributed by atoms with Gasteiger partial charge in [0.25, 0.3) is 5.91 Å². The predicted molar refractivity (Wildman–Crippen MR) is 179 cm³/mol. The van der Waals surface area contributed by atoms with Gasteiger partial charge >= 0.3 is 6.09 Å². The van der Waals surface area contributed by atoms with E-state index in [-0.39, 0.29) is 23.0 Å². The highest BCUT2D eigenvalue weighted by Gasteiger charge is 2.48. The lowest BCUT2D eigenvalue weighted by Crippen LogP contribution is -2.50. The topological polar surface area (TPSA) is 101 Å². The van der Waals surface area contributed by atoms with Crippen molar-refractivity contribution in [3.63, 3.8) is 0 Å². The van der Waals surface area contributed by atoms with Crippen molar-refractivity contribution in [3.8, 4) is 0 Å². The van der Waals surface area contributed by atoms with Gasteiger partial charge in [-0.2, -0.15) is 5.10 Å². The fourth-order valence-electron chi connectivity index (χ4n) is 5.60. The average molecular weight is 652 g/mol. The molecule has 2 amide bonds. The Labute approximate surface area is 274 Å². The molecule has 250 valence electrons. The molecular weight excluding hydrogens is 602 g/mol. The standard InChI is InChI=1S/C35H50FN5O4Si/c1-23-17-28(39-38-23)22-40(8)32(42)25-13-11-24(12-14-25)18-29-15-16-30(41(29)33(43)44-34(2,3)4)31(26-19-27(36)21-37-20-26)45-46(9,10)35(5,6)7/h11-14,17,19-21,29-31H,15-16,18,22H2,1-10H3,(H,38,39)/t29-,30+,31+/m0/s1. The molecule has 3 atom stereocenters. The number of H-pyrrole nitrogens is 1. The third-order valence-corrected chi connectivity index (χ3v) is 13.4. The normalized spacial score (nSPS) is 18.0. The van der Waals surface area contributed by atoms with Gasteiger partial charge in [0.1, 0.15) is 11.4 Å². The van der Waals surface area contributed by atoms with Crippen LogP contribution in [0.1, 0.15) is 93.4 Å². The van der Waals surface area contributed by atoms with Crippen LogP contribution in [0.15, 0.2) is 48.8 Å². The molecule has 0 bridgehead atoms. The molecule has 4 rings (SSSR count). The number of nitrogens with zero attached hydrogens (tertiary/aromatic N) is 4. The summed E-state index contributed by atoms with van der Waals surface area (Å²) < 4.78 is 27.5. The molecular formula is C35H50FN5O4Si. The number of aromatic nitrogens is 3. The van der Waals surface area contributed by atoms with Crippen molar-refractivity contribution < 1.29 is 23.1 Å². The maximum Gasteiger partial charge on any atom is 0.410 e. The van der Waals surface area contributed by atoms with Gasteiger partial charge in [0.2, 0.25) is 0 Å². The molecule has 1 fully saturated rings. The third-order valence-electron chi connectivity index (χ3n) is 8.96. The lowest BCUT2D eigenvalue weighted by molar-refractivity contribution is -0.00247. The van der Waals surface area contributed by atoms with E-state index in [9.17, 15) is 14.0 Å². The number of halogens is 1. The van der Waals surface area contributed by atoms with Crippen molar-refractivity contribution in [1.29, 1.82) is 0 Å². The molecule has 0 radical (unpaired) electrons. The molecule has 3 aromatic rings. The summed E-state index contributed by atoms with van der Waals surface area (Å²) in [5, 5.41) is 7.03. The quantitative estimate of drug-likeness (QED) is 0.239. The fraction of sp³-hybridized carbons (Fsp3) is 0.543. The monoisotopic (exact) mass is 651 g/mol. The molecule has 1 aromatic carbocycles. The molecule has 46 heavy (non-hydrogen) atoms. The van der Waals surface area contributed by atoms with E-state index in [0.29, 0.717) is 30.5 Å². The minimum Gasteiger partial charge on any atom is -0.444 e. The van der Waals surface area contributed by atoms with Crippen LogP contribution in [-0.4, -0.2) is 70.0 Å². The predicted octanol–water partition coefficient (Wildman–Crippen LogP) is 7.60. The van der Waals surface area contributed by atoms with Gasteiger partial charge in [-0.3, -0.25) is 19.8 Å². The van der Waals surface area contributed by atoms with Crippen LogP contribution in [0.3, 0.4) is 0 Å². The summed E-state index contributed by atoms with van der Waals surface area (Å²) in [6.45, 7) is 18.7. The highest BCUT2D eigenvalue weighted by Crippen LogP contribution is 2.44. The molecule has 2 aromatic heterocycles. The number of ether oxygens (including phenoxy) is 1. The second kappa shape index (κ2) is 13.7. The highest BCUT2D eigenvalue weighted by atomic mass is 28.4. The number of hydrogen-bond acceptors (Lipinski definition) is 6. The summed E-state index contributed by atoms with van der Waals surface area (Å²) in [5.74, 6) is -0.544. The summed E-state index contributed by atoms with van der Waals surface area (Å²) in [4.78, 5) is 34.6. The van der Waals surface area contributed by atoms with Gasteiger partial charge in [0, 0.05) is 36.1 Å². The molecule has 0 unspecified atom stereocenters. The molecule has 0 saturated carbocycles. The molecule has 0 spiro atoms. The summed E-state index contributed by atoms with van der Waals surface area (Å²) in [6, 6.07) is 10.4.